The van der Waals surface area contributed by atoms with E-state index in [2.05, 4.69) is 32.5 Å². The van der Waals surface area contributed by atoms with E-state index in [4.69, 9.17) is 0 Å². The van der Waals surface area contributed by atoms with Gasteiger partial charge in [-0.1, -0.05) is 0 Å². The van der Waals surface area contributed by atoms with Gasteiger partial charge in [0.15, 0.2) is 5.96 Å². The summed E-state index contributed by atoms with van der Waals surface area (Å²) in [6.07, 6.45) is 7.35. The first kappa shape index (κ1) is 14.5. The minimum Gasteiger partial charge on any atom is -0.356 e. The van der Waals surface area contributed by atoms with Crippen molar-refractivity contribution in [3.05, 3.63) is 23.8 Å². The third kappa shape index (κ3) is 4.02. The van der Waals surface area contributed by atoms with Gasteiger partial charge in [-0.25, -0.2) is 9.97 Å². The van der Waals surface area contributed by atoms with Crippen molar-refractivity contribution < 1.29 is 0 Å². The Morgan fingerprint density at radius 3 is 2.63 bits per heavy atom. The first-order valence-corrected chi connectivity index (χ1v) is 6.67. The smallest absolute Gasteiger partial charge is 0.191 e. The van der Waals surface area contributed by atoms with Gasteiger partial charge >= 0.3 is 0 Å². The molecule has 104 valence electrons. The first-order chi connectivity index (χ1) is 8.81. The number of hydrogen-bond acceptors (Lipinski definition) is 5. The molecular weight excluding hydrogens is 353 g/mol. The molecule has 1 fully saturated rings. The standard InChI is InChI=1S/C13H19N5.HI/c1-9-6-17-13(18-9)14-5-4-10-7-15-12(16-8-10)11-2-3-11;/h7-9,11H,2-6H2,1H3,(H2,14,17,18);1H. The maximum Gasteiger partial charge on any atom is 0.191 e. The molecule has 5 nitrogen and oxygen atoms in total. The second kappa shape index (κ2) is 6.49. The van der Waals surface area contributed by atoms with Crippen molar-refractivity contribution >= 4 is 29.9 Å². The molecule has 1 aliphatic heterocycles. The van der Waals surface area contributed by atoms with Crippen LogP contribution in [0.5, 0.6) is 0 Å². The Balaban J connectivity index is 0.00000133. The summed E-state index contributed by atoms with van der Waals surface area (Å²) in [5, 5.41) is 6.57. The predicted octanol–water partition coefficient (Wildman–Crippen LogP) is 1.45. The summed E-state index contributed by atoms with van der Waals surface area (Å²) in [6.45, 7) is 3.86. The van der Waals surface area contributed by atoms with Crippen LogP contribution >= 0.6 is 24.0 Å². The van der Waals surface area contributed by atoms with Gasteiger partial charge in [0.1, 0.15) is 5.82 Å². The summed E-state index contributed by atoms with van der Waals surface area (Å²) in [5.74, 6) is 2.57. The number of aliphatic imine (C=N–C) groups is 1. The van der Waals surface area contributed by atoms with Crippen molar-refractivity contribution in [1.29, 1.82) is 0 Å². The lowest BCUT2D eigenvalue weighted by Crippen LogP contribution is -2.38. The molecule has 2 heterocycles. The topological polar surface area (TPSA) is 62.2 Å². The van der Waals surface area contributed by atoms with E-state index < -0.39 is 0 Å². The summed E-state index contributed by atoms with van der Waals surface area (Å²) in [4.78, 5) is 13.2. The number of guanidine groups is 1. The van der Waals surface area contributed by atoms with E-state index in [0.29, 0.717) is 12.0 Å². The molecule has 1 atom stereocenters. The van der Waals surface area contributed by atoms with Crippen molar-refractivity contribution in [3.63, 3.8) is 0 Å². The Morgan fingerprint density at radius 2 is 2.05 bits per heavy atom. The number of nitrogens with one attached hydrogen (secondary N) is 2. The number of rotatable bonds is 4. The molecule has 19 heavy (non-hydrogen) atoms. The molecule has 2 N–H and O–H groups in total. The average molecular weight is 373 g/mol. The largest absolute Gasteiger partial charge is 0.356 e. The fourth-order valence-corrected chi connectivity index (χ4v) is 2.03. The molecule has 0 saturated heterocycles. The lowest BCUT2D eigenvalue weighted by atomic mass is 10.2. The van der Waals surface area contributed by atoms with Gasteiger partial charge in [0, 0.05) is 30.9 Å². The van der Waals surface area contributed by atoms with Crippen LogP contribution in [0.4, 0.5) is 0 Å². The highest BCUT2D eigenvalue weighted by atomic mass is 127. The lowest BCUT2D eigenvalue weighted by molar-refractivity contribution is 0.712. The molecule has 1 unspecified atom stereocenters. The van der Waals surface area contributed by atoms with Crippen LogP contribution in [0, 0.1) is 0 Å². The van der Waals surface area contributed by atoms with Crippen molar-refractivity contribution in [2.75, 3.05) is 13.1 Å². The molecule has 6 heteroatoms. The van der Waals surface area contributed by atoms with Crippen LogP contribution in [0.2, 0.25) is 0 Å². The normalized spacial score (nSPS) is 21.3. The molecule has 0 bridgehead atoms. The van der Waals surface area contributed by atoms with Crippen LogP contribution in [-0.2, 0) is 6.42 Å². The first-order valence-electron chi connectivity index (χ1n) is 6.67. The molecule has 1 aromatic rings. The zero-order valence-corrected chi connectivity index (χ0v) is 13.4. The van der Waals surface area contributed by atoms with Crippen molar-refractivity contribution in [1.82, 2.24) is 20.6 Å². The highest BCUT2D eigenvalue weighted by molar-refractivity contribution is 14.0. The fraction of sp³-hybridized carbons (Fsp3) is 0.615. The van der Waals surface area contributed by atoms with Gasteiger partial charge in [-0.2, -0.15) is 0 Å². The van der Waals surface area contributed by atoms with Crippen LogP contribution in [0.25, 0.3) is 0 Å². The van der Waals surface area contributed by atoms with Crippen molar-refractivity contribution in [2.24, 2.45) is 4.99 Å². The minimum absolute atomic E-state index is 0. The molecule has 2 aliphatic rings. The molecular formula is C13H20IN5. The second-order valence-electron chi connectivity index (χ2n) is 5.14. The summed E-state index contributed by atoms with van der Waals surface area (Å²) < 4.78 is 0. The second-order valence-corrected chi connectivity index (χ2v) is 5.14. The van der Waals surface area contributed by atoms with Gasteiger partial charge in [0.25, 0.3) is 0 Å². The molecule has 0 radical (unpaired) electrons. The SMILES string of the molecule is CC1CN=C(NCCc2cnc(C3CC3)nc2)N1.I. The van der Waals surface area contributed by atoms with Crippen LogP contribution in [0.3, 0.4) is 0 Å². The third-order valence-electron chi connectivity index (χ3n) is 3.28. The number of halogens is 1. The van der Waals surface area contributed by atoms with Crippen LogP contribution in [0.1, 0.15) is 37.1 Å². The van der Waals surface area contributed by atoms with Crippen LogP contribution in [0.15, 0.2) is 17.4 Å². The van der Waals surface area contributed by atoms with Crippen molar-refractivity contribution in [2.45, 2.75) is 38.1 Å². The predicted molar refractivity (Wildman–Crippen MR) is 86.0 cm³/mol. The number of aromatic nitrogens is 2. The summed E-state index contributed by atoms with van der Waals surface area (Å²) in [7, 11) is 0. The van der Waals surface area contributed by atoms with E-state index in [9.17, 15) is 0 Å². The summed E-state index contributed by atoms with van der Waals surface area (Å²) in [6, 6.07) is 0.452. The van der Waals surface area contributed by atoms with Crippen LogP contribution in [-0.4, -0.2) is 35.1 Å². The van der Waals surface area contributed by atoms with E-state index in [-0.39, 0.29) is 24.0 Å². The molecule has 1 aliphatic carbocycles. The monoisotopic (exact) mass is 373 g/mol. The highest BCUT2D eigenvalue weighted by Crippen LogP contribution is 2.37. The van der Waals surface area contributed by atoms with Crippen LogP contribution < -0.4 is 10.6 Å². The Morgan fingerprint density at radius 1 is 1.32 bits per heavy atom. The number of nitrogens with zero attached hydrogens (tertiary/aromatic N) is 3. The summed E-state index contributed by atoms with van der Waals surface area (Å²) in [5.41, 5.74) is 1.18. The zero-order chi connectivity index (χ0) is 12.4. The van der Waals surface area contributed by atoms with E-state index in [1.165, 1.54) is 18.4 Å². The lowest BCUT2D eigenvalue weighted by Gasteiger charge is -2.08. The Labute approximate surface area is 130 Å². The average Bonchev–Trinajstić information content (AvgIpc) is 3.15. The van der Waals surface area contributed by atoms with E-state index >= 15 is 0 Å². The zero-order valence-electron chi connectivity index (χ0n) is 11.1. The molecule has 0 spiro atoms. The molecule has 0 amide bonds. The minimum atomic E-state index is 0. The van der Waals surface area contributed by atoms with Gasteiger partial charge in [0.2, 0.25) is 0 Å². The van der Waals surface area contributed by atoms with Gasteiger partial charge in [-0.3, -0.25) is 4.99 Å². The maximum atomic E-state index is 4.42. The van der Waals surface area contributed by atoms with Crippen molar-refractivity contribution in [3.8, 4) is 0 Å². The molecule has 3 rings (SSSR count). The van der Waals surface area contributed by atoms with E-state index in [1.54, 1.807) is 0 Å². The Bertz CT molecular complexity index is 441. The Kier molecular flexibility index (Phi) is 4.95. The molecule has 0 aromatic carbocycles. The molecule has 1 aromatic heterocycles. The van der Waals surface area contributed by atoms with Gasteiger partial charge in [0.05, 0.1) is 6.54 Å². The highest BCUT2D eigenvalue weighted by Gasteiger charge is 2.25. The van der Waals surface area contributed by atoms with Gasteiger partial charge in [-0.05, 0) is 31.7 Å². The van der Waals surface area contributed by atoms with E-state index in [1.807, 2.05) is 12.4 Å². The maximum absolute atomic E-state index is 4.42. The summed E-state index contributed by atoms with van der Waals surface area (Å²) >= 11 is 0. The van der Waals surface area contributed by atoms with Gasteiger partial charge in [-0.15, -0.1) is 24.0 Å². The number of hydrogen-bond donors (Lipinski definition) is 2. The van der Waals surface area contributed by atoms with Gasteiger partial charge < -0.3 is 10.6 Å². The van der Waals surface area contributed by atoms with E-state index in [0.717, 1.165) is 31.3 Å². The quantitative estimate of drug-likeness (QED) is 0.785. The third-order valence-corrected chi connectivity index (χ3v) is 3.28. The Hall–Kier alpha value is -0.920. The fourth-order valence-electron chi connectivity index (χ4n) is 2.03. The molecule has 1 saturated carbocycles.